The Bertz CT molecular complexity index is 632. The molecular formula is C20H33BrO4Si. The zero-order chi connectivity index (χ0) is 18.9. The average Bonchev–Trinajstić information content (AvgIpc) is 3.19. The number of hydrogen-bond donors (Lipinski definition) is 0. The van der Waals surface area contributed by atoms with Crippen LogP contribution in [-0.2, 0) is 18.6 Å². The third-order valence-corrected chi connectivity index (χ3v) is 14.2. The van der Waals surface area contributed by atoms with E-state index in [4.69, 9.17) is 18.6 Å². The minimum absolute atomic E-state index is 0.0322. The third-order valence-electron chi connectivity index (χ3n) is 8.56. The number of rotatable bonds is 3. The Morgan fingerprint density at radius 3 is 2.46 bits per heavy atom. The van der Waals surface area contributed by atoms with Crippen molar-refractivity contribution in [3.63, 3.8) is 0 Å². The molecule has 0 aromatic rings. The second kappa shape index (κ2) is 5.17. The van der Waals surface area contributed by atoms with E-state index in [9.17, 15) is 0 Å². The van der Waals surface area contributed by atoms with Gasteiger partial charge in [0.2, 0.25) is 0 Å². The molecule has 26 heavy (non-hydrogen) atoms. The van der Waals surface area contributed by atoms with Crippen LogP contribution in [0.25, 0.3) is 0 Å². The zero-order valence-electron chi connectivity index (χ0n) is 17.0. The van der Waals surface area contributed by atoms with Crippen LogP contribution >= 0.6 is 15.9 Å². The van der Waals surface area contributed by atoms with Crippen molar-refractivity contribution in [2.75, 3.05) is 6.61 Å². The molecule has 9 atom stereocenters. The van der Waals surface area contributed by atoms with E-state index in [1.54, 1.807) is 0 Å². The van der Waals surface area contributed by atoms with Gasteiger partial charge in [-0.25, -0.2) is 0 Å². The predicted molar refractivity (Wildman–Crippen MR) is 106 cm³/mol. The Labute approximate surface area is 166 Å². The summed E-state index contributed by atoms with van der Waals surface area (Å²) in [6.07, 6.45) is 1.92. The first kappa shape index (κ1) is 18.6. The van der Waals surface area contributed by atoms with Gasteiger partial charge in [0.25, 0.3) is 0 Å². The minimum atomic E-state index is -1.83. The van der Waals surface area contributed by atoms with Crippen LogP contribution in [0.5, 0.6) is 0 Å². The van der Waals surface area contributed by atoms with Crippen LogP contribution in [0, 0.1) is 23.2 Å². The molecule has 5 fully saturated rings. The predicted octanol–water partition coefficient (Wildman–Crippen LogP) is 4.33. The van der Waals surface area contributed by atoms with Crippen molar-refractivity contribution in [1.29, 1.82) is 0 Å². The van der Waals surface area contributed by atoms with Gasteiger partial charge in [0, 0.05) is 22.8 Å². The maximum atomic E-state index is 6.85. The van der Waals surface area contributed by atoms with Gasteiger partial charge in [-0.3, -0.25) is 0 Å². The fraction of sp³-hybridized carbons (Fsp3) is 1.00. The lowest BCUT2D eigenvalue weighted by molar-refractivity contribution is -0.184. The summed E-state index contributed by atoms with van der Waals surface area (Å²) in [5.41, 5.74) is 0.0322. The van der Waals surface area contributed by atoms with Gasteiger partial charge in [0.15, 0.2) is 14.1 Å². The number of hydrogen-bond acceptors (Lipinski definition) is 4. The van der Waals surface area contributed by atoms with Crippen LogP contribution in [0.4, 0.5) is 0 Å². The van der Waals surface area contributed by atoms with E-state index >= 15 is 0 Å². The van der Waals surface area contributed by atoms with Gasteiger partial charge in [-0.05, 0) is 50.2 Å². The van der Waals surface area contributed by atoms with Crippen LogP contribution in [-0.4, -0.2) is 50.0 Å². The monoisotopic (exact) mass is 444 g/mol. The summed E-state index contributed by atoms with van der Waals surface area (Å²) in [7, 11) is -1.83. The van der Waals surface area contributed by atoms with Crippen LogP contribution < -0.4 is 0 Å². The molecule has 4 nitrogen and oxygen atoms in total. The summed E-state index contributed by atoms with van der Waals surface area (Å²) in [5, 5.41) is 0.216. The zero-order valence-corrected chi connectivity index (χ0v) is 19.6. The van der Waals surface area contributed by atoms with E-state index in [1.807, 2.05) is 13.8 Å². The molecule has 2 aliphatic heterocycles. The van der Waals surface area contributed by atoms with E-state index in [-0.39, 0.29) is 28.8 Å². The van der Waals surface area contributed by atoms with Crippen LogP contribution in [0.3, 0.4) is 0 Å². The fourth-order valence-corrected chi connectivity index (χ4v) is 8.73. The van der Waals surface area contributed by atoms with Gasteiger partial charge >= 0.3 is 0 Å². The van der Waals surface area contributed by atoms with Gasteiger partial charge < -0.3 is 18.6 Å². The molecule has 0 aromatic carbocycles. The summed E-state index contributed by atoms with van der Waals surface area (Å²) in [5.74, 6) is 1.20. The van der Waals surface area contributed by atoms with Crippen molar-refractivity contribution in [3.8, 4) is 0 Å². The van der Waals surface area contributed by atoms with Crippen molar-refractivity contribution in [2.24, 2.45) is 23.2 Å². The Morgan fingerprint density at radius 2 is 1.81 bits per heavy atom. The van der Waals surface area contributed by atoms with Crippen molar-refractivity contribution in [2.45, 2.75) is 94.2 Å². The standard InChI is InChI=1S/C20H33BrO4Si/c1-18(2,3)26(6,7)22-9-20-11-8-10-12(20)15(23-14(10)13(11)21)16-17(20)25-19(4,5)24-16/h10-17H,8-9H2,1-7H3/t10-,11-,12?,13?,14+,15?,16+,17+,20+/m1/s1. The number of alkyl halides is 1. The van der Waals surface area contributed by atoms with Crippen LogP contribution in [0.2, 0.25) is 18.1 Å². The maximum absolute atomic E-state index is 6.85. The topological polar surface area (TPSA) is 36.9 Å². The molecule has 148 valence electrons. The molecule has 5 aliphatic rings. The van der Waals surface area contributed by atoms with Gasteiger partial charge in [0.1, 0.15) is 6.10 Å². The summed E-state index contributed by atoms with van der Waals surface area (Å²) in [6, 6.07) is 0. The van der Waals surface area contributed by atoms with E-state index in [0.29, 0.717) is 28.7 Å². The normalized spacial score (nSPS) is 53.5. The molecule has 2 bridgehead atoms. The van der Waals surface area contributed by atoms with Crippen molar-refractivity contribution >= 4 is 24.2 Å². The van der Waals surface area contributed by atoms with E-state index in [0.717, 1.165) is 6.61 Å². The SMILES string of the molecule is CC1(C)O[C@H]2C3O[C@@H]4C(Br)[C@H]5C[C@@H]4C3[C@@]5(CO[Si](C)(C)C(C)(C)C)[C@H]2O1. The quantitative estimate of drug-likeness (QED) is 0.479. The second-order valence-electron chi connectivity index (χ2n) is 11.2. The lowest BCUT2D eigenvalue weighted by Crippen LogP contribution is -2.55. The summed E-state index contributed by atoms with van der Waals surface area (Å²) in [4.78, 5) is 0.421. The summed E-state index contributed by atoms with van der Waals surface area (Å²) in [6.45, 7) is 16.5. The molecule has 0 N–H and O–H groups in total. The van der Waals surface area contributed by atoms with Gasteiger partial charge in [-0.15, -0.1) is 0 Å². The molecule has 0 amide bonds. The third kappa shape index (κ3) is 2.10. The summed E-state index contributed by atoms with van der Waals surface area (Å²) >= 11 is 4.01. The first-order valence-electron chi connectivity index (χ1n) is 10.2. The molecule has 5 rings (SSSR count). The Balaban J connectivity index is 1.52. The maximum Gasteiger partial charge on any atom is 0.192 e. The molecule has 0 aromatic heterocycles. The van der Waals surface area contributed by atoms with Crippen molar-refractivity contribution in [3.05, 3.63) is 0 Å². The van der Waals surface area contributed by atoms with Crippen LogP contribution in [0.1, 0.15) is 41.0 Å². The number of halogens is 1. The van der Waals surface area contributed by atoms with Crippen LogP contribution in [0.15, 0.2) is 0 Å². The van der Waals surface area contributed by atoms with Gasteiger partial charge in [-0.1, -0.05) is 36.7 Å². The molecule has 0 spiro atoms. The first-order valence-corrected chi connectivity index (χ1v) is 14.0. The smallest absolute Gasteiger partial charge is 0.192 e. The molecule has 2 saturated heterocycles. The highest BCUT2D eigenvalue weighted by atomic mass is 79.9. The number of fused-ring (bicyclic) bond motifs is 5. The highest BCUT2D eigenvalue weighted by molar-refractivity contribution is 9.09. The number of ether oxygens (including phenoxy) is 3. The molecule has 3 unspecified atom stereocenters. The lowest BCUT2D eigenvalue weighted by atomic mass is 9.67. The first-order chi connectivity index (χ1) is 11.9. The van der Waals surface area contributed by atoms with E-state index < -0.39 is 14.1 Å². The minimum Gasteiger partial charge on any atom is -0.416 e. The van der Waals surface area contributed by atoms with Crippen molar-refractivity contribution in [1.82, 2.24) is 0 Å². The molecule has 6 heteroatoms. The Morgan fingerprint density at radius 1 is 1.12 bits per heavy atom. The van der Waals surface area contributed by atoms with E-state index in [2.05, 4.69) is 49.8 Å². The highest BCUT2D eigenvalue weighted by Gasteiger charge is 2.82. The van der Waals surface area contributed by atoms with Crippen molar-refractivity contribution < 1.29 is 18.6 Å². The largest absolute Gasteiger partial charge is 0.416 e. The molecular weight excluding hydrogens is 412 g/mol. The Hall–Kier alpha value is 0.537. The fourth-order valence-electron chi connectivity index (χ4n) is 6.46. The van der Waals surface area contributed by atoms with Gasteiger partial charge in [-0.2, -0.15) is 0 Å². The van der Waals surface area contributed by atoms with E-state index in [1.165, 1.54) is 6.42 Å². The Kier molecular flexibility index (Phi) is 3.69. The molecule has 3 aliphatic carbocycles. The second-order valence-corrected chi connectivity index (χ2v) is 17.1. The molecule has 3 saturated carbocycles. The highest BCUT2D eigenvalue weighted by Crippen LogP contribution is 2.74. The molecule has 2 heterocycles. The lowest BCUT2D eigenvalue weighted by Gasteiger charge is -2.47. The molecule has 0 radical (unpaired) electrons. The summed E-state index contributed by atoms with van der Waals surface area (Å²) < 4.78 is 26.3. The average molecular weight is 445 g/mol. The van der Waals surface area contributed by atoms with Gasteiger partial charge in [0.05, 0.1) is 18.3 Å².